The van der Waals surface area contributed by atoms with Gasteiger partial charge in [-0.15, -0.1) is 0 Å². The molecular weight excluding hydrogens is 321 g/mol. The maximum atomic E-state index is 13.7. The van der Waals surface area contributed by atoms with Gasteiger partial charge in [-0.1, -0.05) is 15.9 Å². The third kappa shape index (κ3) is 2.67. The molecule has 0 bridgehead atoms. The average Bonchev–Trinajstić information content (AvgIpc) is 2.79. The number of hydrogen-bond acceptors (Lipinski definition) is 2. The lowest BCUT2D eigenvalue weighted by molar-refractivity contribution is 0.612. The highest BCUT2D eigenvalue weighted by Crippen LogP contribution is 2.20. The fraction of sp³-hybridized carbons (Fsp3) is 0.133. The van der Waals surface area contributed by atoms with Gasteiger partial charge in [-0.3, -0.25) is 0 Å². The standard InChI is InChI=1S/C15H13BrFN3/c1-9-19-14-5-3-12(7-15(14)20-9)18-8-10-6-11(16)2-4-13(10)17/h2-7,18H,8H2,1H3,(H,19,20). The Kier molecular flexibility index (Phi) is 3.44. The molecule has 3 rings (SSSR count). The van der Waals surface area contributed by atoms with Gasteiger partial charge in [0.1, 0.15) is 11.6 Å². The number of rotatable bonds is 3. The summed E-state index contributed by atoms with van der Waals surface area (Å²) in [5.74, 6) is 0.675. The van der Waals surface area contributed by atoms with Crippen LogP contribution in [0.25, 0.3) is 11.0 Å². The summed E-state index contributed by atoms with van der Waals surface area (Å²) in [6.45, 7) is 2.36. The Hall–Kier alpha value is -1.88. The van der Waals surface area contributed by atoms with Crippen molar-refractivity contribution in [3.8, 4) is 0 Å². The summed E-state index contributed by atoms with van der Waals surface area (Å²) >= 11 is 3.35. The van der Waals surface area contributed by atoms with Crippen LogP contribution in [-0.2, 0) is 6.54 Å². The van der Waals surface area contributed by atoms with Crippen LogP contribution in [0, 0.1) is 12.7 Å². The Morgan fingerprint density at radius 3 is 2.95 bits per heavy atom. The van der Waals surface area contributed by atoms with Crippen LogP contribution < -0.4 is 5.32 Å². The number of aromatic amines is 1. The van der Waals surface area contributed by atoms with Crippen LogP contribution in [0.15, 0.2) is 40.9 Å². The predicted molar refractivity (Wildman–Crippen MR) is 82.3 cm³/mol. The first-order chi connectivity index (χ1) is 9.61. The van der Waals surface area contributed by atoms with Gasteiger partial charge in [0.25, 0.3) is 0 Å². The number of aryl methyl sites for hydroxylation is 1. The first kappa shape index (κ1) is 13.1. The first-order valence-electron chi connectivity index (χ1n) is 6.26. The third-order valence-electron chi connectivity index (χ3n) is 3.09. The maximum Gasteiger partial charge on any atom is 0.128 e. The van der Waals surface area contributed by atoms with Gasteiger partial charge >= 0.3 is 0 Å². The number of hydrogen-bond donors (Lipinski definition) is 2. The number of imidazole rings is 1. The number of halogens is 2. The Morgan fingerprint density at radius 2 is 2.10 bits per heavy atom. The van der Waals surface area contributed by atoms with E-state index in [2.05, 4.69) is 31.2 Å². The number of anilines is 1. The average molecular weight is 334 g/mol. The molecular formula is C15H13BrFN3. The minimum atomic E-state index is -0.209. The molecule has 0 saturated carbocycles. The monoisotopic (exact) mass is 333 g/mol. The minimum absolute atomic E-state index is 0.209. The number of nitrogens with one attached hydrogen (secondary N) is 2. The molecule has 0 spiro atoms. The predicted octanol–water partition coefficient (Wildman–Crippen LogP) is 4.39. The fourth-order valence-corrected chi connectivity index (χ4v) is 2.53. The molecule has 102 valence electrons. The molecule has 0 aliphatic heterocycles. The second-order valence-electron chi connectivity index (χ2n) is 4.64. The molecule has 0 aliphatic rings. The van der Waals surface area contributed by atoms with Crippen LogP contribution in [0.4, 0.5) is 10.1 Å². The molecule has 1 heterocycles. The van der Waals surface area contributed by atoms with Crippen LogP contribution in [0.1, 0.15) is 11.4 Å². The summed E-state index contributed by atoms with van der Waals surface area (Å²) in [4.78, 5) is 7.53. The van der Waals surface area contributed by atoms with E-state index in [-0.39, 0.29) is 5.82 Å². The Labute approximate surface area is 124 Å². The normalized spacial score (nSPS) is 10.9. The molecule has 3 nitrogen and oxygen atoms in total. The van der Waals surface area contributed by atoms with Gasteiger partial charge < -0.3 is 10.3 Å². The minimum Gasteiger partial charge on any atom is -0.381 e. The van der Waals surface area contributed by atoms with Crippen molar-refractivity contribution in [2.75, 3.05) is 5.32 Å². The van der Waals surface area contributed by atoms with Crippen molar-refractivity contribution < 1.29 is 4.39 Å². The van der Waals surface area contributed by atoms with Crippen LogP contribution in [0.5, 0.6) is 0 Å². The molecule has 2 N–H and O–H groups in total. The number of H-pyrrole nitrogens is 1. The Bertz CT molecular complexity index is 767. The van der Waals surface area contributed by atoms with Crippen LogP contribution in [0.2, 0.25) is 0 Å². The highest BCUT2D eigenvalue weighted by Gasteiger charge is 2.04. The smallest absolute Gasteiger partial charge is 0.128 e. The van der Waals surface area contributed by atoms with E-state index in [0.717, 1.165) is 27.0 Å². The zero-order valence-corrected chi connectivity index (χ0v) is 12.5. The third-order valence-corrected chi connectivity index (χ3v) is 3.58. The zero-order chi connectivity index (χ0) is 14.1. The van der Waals surface area contributed by atoms with Gasteiger partial charge in [-0.2, -0.15) is 0 Å². The lowest BCUT2D eigenvalue weighted by Gasteiger charge is -2.08. The van der Waals surface area contributed by atoms with Gasteiger partial charge in [-0.25, -0.2) is 9.37 Å². The molecule has 3 aromatic rings. The number of nitrogens with zero attached hydrogens (tertiary/aromatic N) is 1. The van der Waals surface area contributed by atoms with E-state index in [1.165, 1.54) is 6.07 Å². The summed E-state index contributed by atoms with van der Waals surface area (Å²) in [5.41, 5.74) is 3.46. The summed E-state index contributed by atoms with van der Waals surface area (Å²) in [6, 6.07) is 10.8. The molecule has 20 heavy (non-hydrogen) atoms. The molecule has 2 aromatic carbocycles. The summed E-state index contributed by atoms with van der Waals surface area (Å²) in [6.07, 6.45) is 0. The van der Waals surface area contributed by atoms with E-state index in [1.807, 2.05) is 25.1 Å². The molecule has 5 heteroatoms. The highest BCUT2D eigenvalue weighted by molar-refractivity contribution is 9.10. The van der Waals surface area contributed by atoms with Crippen molar-refractivity contribution in [1.29, 1.82) is 0 Å². The van der Waals surface area contributed by atoms with Gasteiger partial charge in [-0.05, 0) is 43.3 Å². The van der Waals surface area contributed by atoms with Gasteiger partial charge in [0.15, 0.2) is 0 Å². The van der Waals surface area contributed by atoms with Crippen LogP contribution >= 0.6 is 15.9 Å². The van der Waals surface area contributed by atoms with Crippen molar-refractivity contribution in [2.24, 2.45) is 0 Å². The Morgan fingerprint density at radius 1 is 1.25 bits per heavy atom. The number of benzene rings is 2. The van der Waals surface area contributed by atoms with E-state index in [1.54, 1.807) is 12.1 Å². The molecule has 0 saturated heterocycles. The van der Waals surface area contributed by atoms with E-state index >= 15 is 0 Å². The fourth-order valence-electron chi connectivity index (χ4n) is 2.12. The van der Waals surface area contributed by atoms with E-state index < -0.39 is 0 Å². The van der Waals surface area contributed by atoms with Crippen molar-refractivity contribution >= 4 is 32.7 Å². The van der Waals surface area contributed by atoms with Gasteiger partial charge in [0.2, 0.25) is 0 Å². The second-order valence-corrected chi connectivity index (χ2v) is 5.56. The molecule has 0 fully saturated rings. The van der Waals surface area contributed by atoms with Crippen molar-refractivity contribution in [3.05, 3.63) is 58.1 Å². The summed E-state index contributed by atoms with van der Waals surface area (Å²) in [7, 11) is 0. The molecule has 0 radical (unpaired) electrons. The van der Waals surface area contributed by atoms with E-state index in [9.17, 15) is 4.39 Å². The van der Waals surface area contributed by atoms with Crippen molar-refractivity contribution in [3.63, 3.8) is 0 Å². The SMILES string of the molecule is Cc1nc2ccc(NCc3cc(Br)ccc3F)cc2[nH]1. The lowest BCUT2D eigenvalue weighted by Crippen LogP contribution is -2.01. The molecule has 0 unspecified atom stereocenters. The lowest BCUT2D eigenvalue weighted by atomic mass is 10.2. The quantitative estimate of drug-likeness (QED) is 0.746. The van der Waals surface area contributed by atoms with Crippen molar-refractivity contribution in [1.82, 2.24) is 9.97 Å². The molecule has 0 aliphatic carbocycles. The number of fused-ring (bicyclic) bond motifs is 1. The van der Waals surface area contributed by atoms with Crippen molar-refractivity contribution in [2.45, 2.75) is 13.5 Å². The van der Waals surface area contributed by atoms with Gasteiger partial charge in [0.05, 0.1) is 11.0 Å². The van der Waals surface area contributed by atoms with Crippen LogP contribution in [0.3, 0.4) is 0 Å². The topological polar surface area (TPSA) is 40.7 Å². The highest BCUT2D eigenvalue weighted by atomic mass is 79.9. The summed E-state index contributed by atoms with van der Waals surface area (Å²) < 4.78 is 14.5. The van der Waals surface area contributed by atoms with E-state index in [4.69, 9.17) is 0 Å². The second kappa shape index (κ2) is 5.25. The Balaban J connectivity index is 1.80. The molecule has 0 amide bonds. The van der Waals surface area contributed by atoms with Crippen LogP contribution in [-0.4, -0.2) is 9.97 Å². The van der Waals surface area contributed by atoms with E-state index in [0.29, 0.717) is 12.1 Å². The largest absolute Gasteiger partial charge is 0.381 e. The molecule has 0 atom stereocenters. The maximum absolute atomic E-state index is 13.7. The number of aromatic nitrogens is 2. The van der Waals surface area contributed by atoms with Gasteiger partial charge in [0, 0.05) is 22.3 Å². The zero-order valence-electron chi connectivity index (χ0n) is 10.9. The summed E-state index contributed by atoms with van der Waals surface area (Å²) in [5, 5.41) is 3.22. The molecule has 1 aromatic heterocycles. The first-order valence-corrected chi connectivity index (χ1v) is 7.05.